The minimum Gasteiger partial charge on any atom is -0.472 e. The van der Waals surface area contributed by atoms with Crippen LogP contribution < -0.4 is 0 Å². The molecule has 1 heterocycles. The van der Waals surface area contributed by atoms with Gasteiger partial charge in [0.15, 0.2) is 0 Å². The molecule has 0 aliphatic carbocycles. The van der Waals surface area contributed by atoms with Crippen molar-refractivity contribution in [1.29, 1.82) is 0 Å². The average Bonchev–Trinajstić information content (AvgIpc) is 2.15. The van der Waals surface area contributed by atoms with Crippen molar-refractivity contribution in [2.75, 3.05) is 0 Å². The van der Waals surface area contributed by atoms with E-state index in [1.54, 1.807) is 18.6 Å². The maximum Gasteiger partial charge on any atom is 0.124 e. The predicted molar refractivity (Wildman–Crippen MR) is 41.4 cm³/mol. The highest BCUT2D eigenvalue weighted by Crippen LogP contribution is 2.08. The zero-order valence-corrected chi connectivity index (χ0v) is 6.26. The third kappa shape index (κ3) is 2.10. The molecule has 0 unspecified atom stereocenters. The molecular weight excluding hydrogens is 179 g/mol. The Morgan fingerprint density at radius 1 is 1.78 bits per heavy atom. The second-order valence-electron chi connectivity index (χ2n) is 1.59. The molecule has 0 saturated carbocycles. The Hall–Kier alpha value is -0.435. The molecule has 0 bridgehead atoms. The highest BCUT2D eigenvalue weighted by atomic mass is 79.9. The van der Waals surface area contributed by atoms with E-state index in [1.807, 2.05) is 6.07 Å². The summed E-state index contributed by atoms with van der Waals surface area (Å²) in [5.41, 5.74) is 0.962. The zero-order chi connectivity index (χ0) is 6.69. The fourth-order valence-corrected chi connectivity index (χ4v) is 0.781. The first-order valence-corrected chi connectivity index (χ1v) is 3.23. The summed E-state index contributed by atoms with van der Waals surface area (Å²) in [7, 11) is 5.32. The molecule has 44 valence electrons. The van der Waals surface area contributed by atoms with Gasteiger partial charge in [-0.2, -0.15) is 0 Å². The maximum atomic E-state index is 5.32. The second-order valence-corrected chi connectivity index (χ2v) is 2.50. The smallest absolute Gasteiger partial charge is 0.124 e. The van der Waals surface area contributed by atoms with Crippen LogP contribution >= 0.6 is 15.9 Å². The van der Waals surface area contributed by atoms with Crippen molar-refractivity contribution >= 4 is 29.9 Å². The van der Waals surface area contributed by atoms with Gasteiger partial charge in [-0.15, -0.1) is 0 Å². The Balaban J connectivity index is 2.80. The molecule has 0 fully saturated rings. The lowest BCUT2D eigenvalue weighted by Gasteiger charge is -1.81. The standard InChI is InChI=1S/C6H4BBrO/c7-6(8)3-5-1-2-9-4-5/h1-4H/b6-3-. The first-order valence-electron chi connectivity index (χ1n) is 2.44. The van der Waals surface area contributed by atoms with Crippen LogP contribution in [-0.2, 0) is 0 Å². The molecule has 1 nitrogen and oxygen atoms in total. The van der Waals surface area contributed by atoms with Crippen LogP contribution in [0.1, 0.15) is 5.56 Å². The van der Waals surface area contributed by atoms with Crippen molar-refractivity contribution < 1.29 is 4.42 Å². The van der Waals surface area contributed by atoms with Crippen LogP contribution in [0.4, 0.5) is 0 Å². The van der Waals surface area contributed by atoms with Crippen molar-refractivity contribution in [3.05, 3.63) is 28.5 Å². The summed E-state index contributed by atoms with van der Waals surface area (Å²) in [6.45, 7) is 0. The third-order valence-electron chi connectivity index (χ3n) is 0.848. The molecule has 0 aromatic carbocycles. The van der Waals surface area contributed by atoms with Crippen molar-refractivity contribution in [1.82, 2.24) is 0 Å². The Labute approximate surface area is 63.3 Å². The first-order chi connectivity index (χ1) is 4.29. The third-order valence-corrected chi connectivity index (χ3v) is 1.08. The van der Waals surface area contributed by atoms with E-state index in [-0.39, 0.29) is 0 Å². The molecule has 1 rings (SSSR count). The molecule has 0 aliphatic rings. The first kappa shape index (κ1) is 6.68. The number of furan rings is 1. The summed E-state index contributed by atoms with van der Waals surface area (Å²) in [4.78, 5) is 0. The Morgan fingerprint density at radius 2 is 2.56 bits per heavy atom. The van der Waals surface area contributed by atoms with Gasteiger partial charge >= 0.3 is 0 Å². The molecule has 0 amide bonds. The van der Waals surface area contributed by atoms with Crippen LogP contribution in [0.5, 0.6) is 0 Å². The number of hydrogen-bond acceptors (Lipinski definition) is 1. The maximum absolute atomic E-state index is 5.32. The molecular formula is C6H4BBrO. The van der Waals surface area contributed by atoms with E-state index in [0.29, 0.717) is 4.38 Å². The van der Waals surface area contributed by atoms with E-state index in [2.05, 4.69) is 15.9 Å². The van der Waals surface area contributed by atoms with Crippen molar-refractivity contribution in [2.45, 2.75) is 0 Å². The molecule has 3 heteroatoms. The van der Waals surface area contributed by atoms with Crippen LogP contribution in [0.3, 0.4) is 0 Å². The van der Waals surface area contributed by atoms with Crippen LogP contribution in [0.25, 0.3) is 6.08 Å². The van der Waals surface area contributed by atoms with Gasteiger partial charge in [-0.3, -0.25) is 0 Å². The molecule has 1 aromatic heterocycles. The number of halogens is 1. The lowest BCUT2D eigenvalue weighted by Crippen LogP contribution is -1.64. The summed E-state index contributed by atoms with van der Waals surface area (Å²) >= 11 is 3.09. The van der Waals surface area contributed by atoms with Crippen LogP contribution in [0.15, 0.2) is 27.4 Å². The number of rotatable bonds is 1. The molecule has 0 saturated heterocycles. The SMILES string of the molecule is [B]/C(Br)=C/c1ccoc1. The van der Waals surface area contributed by atoms with Crippen molar-refractivity contribution in [2.24, 2.45) is 0 Å². The van der Waals surface area contributed by atoms with Gasteiger partial charge < -0.3 is 4.42 Å². The van der Waals surface area contributed by atoms with E-state index in [1.165, 1.54) is 0 Å². The van der Waals surface area contributed by atoms with Crippen molar-refractivity contribution in [3.8, 4) is 0 Å². The molecule has 0 atom stereocenters. The highest BCUT2D eigenvalue weighted by molar-refractivity contribution is 9.12. The predicted octanol–water partition coefficient (Wildman–Crippen LogP) is 2.14. The van der Waals surface area contributed by atoms with E-state index in [9.17, 15) is 0 Å². The van der Waals surface area contributed by atoms with Crippen LogP contribution in [0, 0.1) is 0 Å². The fraction of sp³-hybridized carbons (Fsp3) is 0. The topological polar surface area (TPSA) is 13.1 Å². The van der Waals surface area contributed by atoms with Crippen molar-refractivity contribution in [3.63, 3.8) is 0 Å². The zero-order valence-electron chi connectivity index (χ0n) is 4.67. The summed E-state index contributed by atoms with van der Waals surface area (Å²) in [5, 5.41) is 0. The average molecular weight is 183 g/mol. The minimum atomic E-state index is 0.601. The van der Waals surface area contributed by atoms with Gasteiger partial charge in [-0.25, -0.2) is 0 Å². The normalized spacial score (nSPS) is 11.9. The van der Waals surface area contributed by atoms with Gasteiger partial charge in [0.05, 0.1) is 12.5 Å². The van der Waals surface area contributed by atoms with E-state index >= 15 is 0 Å². The Morgan fingerprint density at radius 3 is 3.00 bits per heavy atom. The van der Waals surface area contributed by atoms with E-state index in [0.717, 1.165) is 5.56 Å². The quantitative estimate of drug-likeness (QED) is 0.607. The molecule has 1 aromatic rings. The molecule has 0 spiro atoms. The number of hydrogen-bond donors (Lipinski definition) is 0. The van der Waals surface area contributed by atoms with E-state index in [4.69, 9.17) is 12.3 Å². The Bertz CT molecular complexity index is 199. The van der Waals surface area contributed by atoms with Crippen LogP contribution in [-0.4, -0.2) is 7.85 Å². The lowest BCUT2D eigenvalue weighted by atomic mass is 10.1. The van der Waals surface area contributed by atoms with Gasteiger partial charge in [-0.05, 0) is 6.07 Å². The lowest BCUT2D eigenvalue weighted by molar-refractivity contribution is 0.567. The van der Waals surface area contributed by atoms with Gasteiger partial charge in [0, 0.05) is 5.56 Å². The summed E-state index contributed by atoms with van der Waals surface area (Å²) in [6.07, 6.45) is 4.99. The largest absolute Gasteiger partial charge is 0.472 e. The van der Waals surface area contributed by atoms with Gasteiger partial charge in [-0.1, -0.05) is 26.4 Å². The molecule has 2 radical (unpaired) electrons. The fourth-order valence-electron chi connectivity index (χ4n) is 0.516. The summed E-state index contributed by atoms with van der Waals surface area (Å²) in [6, 6.07) is 1.83. The van der Waals surface area contributed by atoms with Crippen LogP contribution in [0.2, 0.25) is 0 Å². The molecule has 0 aliphatic heterocycles. The van der Waals surface area contributed by atoms with Gasteiger partial charge in [0.2, 0.25) is 0 Å². The monoisotopic (exact) mass is 182 g/mol. The Kier molecular flexibility index (Phi) is 2.17. The second kappa shape index (κ2) is 2.92. The minimum absolute atomic E-state index is 0.601. The summed E-state index contributed by atoms with van der Waals surface area (Å²) < 4.78 is 5.40. The van der Waals surface area contributed by atoms with Gasteiger partial charge in [0.1, 0.15) is 7.85 Å². The van der Waals surface area contributed by atoms with Gasteiger partial charge in [0.25, 0.3) is 0 Å². The molecule has 9 heavy (non-hydrogen) atoms. The van der Waals surface area contributed by atoms with E-state index < -0.39 is 0 Å². The molecule has 0 N–H and O–H groups in total. The summed E-state index contributed by atoms with van der Waals surface area (Å²) in [5.74, 6) is 0. The highest BCUT2D eigenvalue weighted by Gasteiger charge is 1.86.